The van der Waals surface area contributed by atoms with Crippen molar-refractivity contribution in [1.82, 2.24) is 4.31 Å². The maximum Gasteiger partial charge on any atom is 0.415 e. The topological polar surface area (TPSA) is 75.7 Å². The quantitative estimate of drug-likeness (QED) is 0.828. The van der Waals surface area contributed by atoms with Crippen LogP contribution in [0.4, 0.5) is 18.9 Å². The van der Waals surface area contributed by atoms with Gasteiger partial charge in [0.25, 0.3) is 0 Å². The molecule has 2 heterocycles. The lowest BCUT2D eigenvalue weighted by molar-refractivity contribution is -0.231. The van der Waals surface area contributed by atoms with Crippen molar-refractivity contribution >= 4 is 33.4 Å². The van der Waals surface area contributed by atoms with E-state index in [-0.39, 0.29) is 24.0 Å². The van der Waals surface area contributed by atoms with Crippen molar-refractivity contribution < 1.29 is 31.1 Å². The number of alkyl halides is 3. The zero-order valence-corrected chi connectivity index (χ0v) is 14.5. The maximum atomic E-state index is 12.8. The number of benzene rings is 1. The van der Waals surface area contributed by atoms with Crippen LogP contribution in [0.25, 0.3) is 0 Å². The molecule has 138 valence electrons. The van der Waals surface area contributed by atoms with E-state index in [9.17, 15) is 26.4 Å². The molecule has 25 heavy (non-hydrogen) atoms. The summed E-state index contributed by atoms with van der Waals surface area (Å²) in [5.74, 6) is 0.339. The normalized spacial score (nSPS) is 22.8. The molecule has 0 spiro atoms. The largest absolute Gasteiger partial charge is 0.415 e. The number of rotatable bonds is 2. The van der Waals surface area contributed by atoms with Crippen LogP contribution in [-0.2, 0) is 19.6 Å². The number of thioether (sulfide) groups is 1. The van der Waals surface area contributed by atoms with Gasteiger partial charge in [-0.15, -0.1) is 11.8 Å². The van der Waals surface area contributed by atoms with Crippen molar-refractivity contribution in [3.63, 3.8) is 0 Å². The number of ether oxygens (including phenoxy) is 1. The first kappa shape index (κ1) is 18.5. The van der Waals surface area contributed by atoms with E-state index in [4.69, 9.17) is 0 Å². The molecule has 1 aromatic rings. The molecule has 1 unspecified atom stereocenters. The smallest absolute Gasteiger partial charge is 0.366 e. The lowest BCUT2D eigenvalue weighted by Crippen LogP contribution is -2.51. The number of hydrogen-bond donors (Lipinski definition) is 1. The highest BCUT2D eigenvalue weighted by molar-refractivity contribution is 7.99. The van der Waals surface area contributed by atoms with Crippen molar-refractivity contribution in [2.75, 3.05) is 30.8 Å². The third-order valence-corrected chi connectivity index (χ3v) is 6.78. The summed E-state index contributed by atoms with van der Waals surface area (Å²) in [4.78, 5) is 12.2. The van der Waals surface area contributed by atoms with Crippen LogP contribution in [0.2, 0.25) is 0 Å². The van der Waals surface area contributed by atoms with Gasteiger partial charge in [0, 0.05) is 30.2 Å². The molecular weight excluding hydrogens is 381 g/mol. The van der Waals surface area contributed by atoms with Crippen molar-refractivity contribution in [2.45, 2.75) is 28.5 Å². The average Bonchev–Trinajstić information content (AvgIpc) is 2.74. The molecule has 2 aliphatic heterocycles. The molecular formula is C14H15F3N2O4S2. The summed E-state index contributed by atoms with van der Waals surface area (Å²) < 4.78 is 69.3. The molecule has 6 nitrogen and oxygen atoms in total. The number of hydrogen-bond acceptors (Lipinski definition) is 5. The van der Waals surface area contributed by atoms with E-state index in [1.807, 2.05) is 0 Å². The molecule has 0 saturated carbocycles. The summed E-state index contributed by atoms with van der Waals surface area (Å²) in [5, 5.41) is 2.62. The van der Waals surface area contributed by atoms with Gasteiger partial charge in [-0.05, 0) is 18.2 Å². The number of halogens is 3. The molecule has 3 rings (SSSR count). The Kier molecular flexibility index (Phi) is 5.02. The zero-order valence-electron chi connectivity index (χ0n) is 12.9. The summed E-state index contributed by atoms with van der Waals surface area (Å²) in [6.07, 6.45) is -6.47. The highest BCUT2D eigenvalue weighted by Gasteiger charge is 2.45. The van der Waals surface area contributed by atoms with E-state index < -0.39 is 28.8 Å². The van der Waals surface area contributed by atoms with Crippen molar-refractivity contribution in [2.24, 2.45) is 0 Å². The van der Waals surface area contributed by atoms with E-state index in [1.54, 1.807) is 6.07 Å². The van der Waals surface area contributed by atoms with Gasteiger partial charge in [0.1, 0.15) is 0 Å². The van der Waals surface area contributed by atoms with E-state index in [1.165, 1.54) is 23.9 Å². The Bertz CT molecular complexity index is 783. The maximum absolute atomic E-state index is 12.8. The molecule has 1 atom stereocenters. The number of morpholine rings is 1. The lowest BCUT2D eigenvalue weighted by atomic mass is 10.3. The fourth-order valence-electron chi connectivity index (χ4n) is 2.55. The minimum absolute atomic E-state index is 0.156. The minimum atomic E-state index is -4.63. The number of anilines is 1. The first-order valence-corrected chi connectivity index (χ1v) is 9.85. The number of fused-ring (bicyclic) bond motifs is 1. The van der Waals surface area contributed by atoms with Gasteiger partial charge in [0.15, 0.2) is 6.10 Å². The van der Waals surface area contributed by atoms with Crippen LogP contribution in [0, 0.1) is 0 Å². The van der Waals surface area contributed by atoms with Crippen LogP contribution in [0.3, 0.4) is 0 Å². The Balaban J connectivity index is 1.89. The first-order chi connectivity index (χ1) is 11.7. The van der Waals surface area contributed by atoms with Crippen LogP contribution < -0.4 is 5.32 Å². The highest BCUT2D eigenvalue weighted by Crippen LogP contribution is 2.34. The van der Waals surface area contributed by atoms with Crippen LogP contribution in [0.1, 0.15) is 6.42 Å². The first-order valence-electron chi connectivity index (χ1n) is 7.43. The van der Waals surface area contributed by atoms with Crippen LogP contribution >= 0.6 is 11.8 Å². The van der Waals surface area contributed by atoms with Gasteiger partial charge in [-0.3, -0.25) is 4.79 Å². The van der Waals surface area contributed by atoms with Gasteiger partial charge in [0.05, 0.1) is 17.2 Å². The van der Waals surface area contributed by atoms with E-state index >= 15 is 0 Å². The van der Waals surface area contributed by atoms with Gasteiger partial charge in [-0.25, -0.2) is 8.42 Å². The van der Waals surface area contributed by atoms with Gasteiger partial charge in [-0.2, -0.15) is 17.5 Å². The van der Waals surface area contributed by atoms with Gasteiger partial charge in [-0.1, -0.05) is 0 Å². The predicted molar refractivity (Wildman–Crippen MR) is 85.0 cm³/mol. The molecule has 1 saturated heterocycles. The van der Waals surface area contributed by atoms with Crippen molar-refractivity contribution in [1.29, 1.82) is 0 Å². The third-order valence-electron chi connectivity index (χ3n) is 3.84. The average molecular weight is 396 g/mol. The minimum Gasteiger partial charge on any atom is -0.366 e. The zero-order chi connectivity index (χ0) is 18.2. The summed E-state index contributed by atoms with van der Waals surface area (Å²) in [5.41, 5.74) is 0.356. The third kappa shape index (κ3) is 3.94. The number of nitrogens with zero attached hydrogens (tertiary/aromatic N) is 1. The molecule has 1 amide bonds. The van der Waals surface area contributed by atoms with Crippen molar-refractivity contribution in [3.05, 3.63) is 18.2 Å². The molecule has 0 aromatic heterocycles. The number of carbonyl (C=O) groups excluding carboxylic acids is 1. The summed E-state index contributed by atoms with van der Waals surface area (Å²) in [7, 11) is -4.13. The van der Waals surface area contributed by atoms with Crippen LogP contribution in [0.15, 0.2) is 28.0 Å². The monoisotopic (exact) mass is 396 g/mol. The van der Waals surface area contributed by atoms with Crippen LogP contribution in [-0.4, -0.2) is 56.4 Å². The Morgan fingerprint density at radius 3 is 2.80 bits per heavy atom. The molecule has 1 aromatic carbocycles. The predicted octanol–water partition coefficient (Wildman–Crippen LogP) is 2.07. The molecule has 2 aliphatic rings. The molecule has 1 fully saturated rings. The van der Waals surface area contributed by atoms with Crippen LogP contribution in [0.5, 0.6) is 0 Å². The molecule has 0 radical (unpaired) electrons. The van der Waals surface area contributed by atoms with E-state index in [2.05, 4.69) is 10.1 Å². The summed E-state index contributed by atoms with van der Waals surface area (Å²) in [6, 6.07) is 4.19. The Morgan fingerprint density at radius 1 is 1.32 bits per heavy atom. The Labute approximate surface area is 146 Å². The van der Waals surface area contributed by atoms with E-state index in [0.29, 0.717) is 17.9 Å². The second-order valence-corrected chi connectivity index (χ2v) is 8.64. The molecule has 0 bridgehead atoms. The molecule has 1 N–H and O–H groups in total. The second kappa shape index (κ2) is 6.78. The second-order valence-electron chi connectivity index (χ2n) is 5.57. The number of sulfonamides is 1. The van der Waals surface area contributed by atoms with Gasteiger partial charge < -0.3 is 10.1 Å². The Hall–Kier alpha value is -1.30. The van der Waals surface area contributed by atoms with E-state index in [0.717, 1.165) is 9.20 Å². The fourth-order valence-corrected chi connectivity index (χ4v) is 4.94. The molecule has 11 heteroatoms. The standard InChI is InChI=1S/C14H15F3N2O4S2/c15-14(16,17)12-8-19(4-5-23-12)25(21,22)9-1-2-11-10(7-9)18-13(20)3-6-24-11/h1-2,7,12H,3-6,8H2,(H,18,20). The highest BCUT2D eigenvalue weighted by atomic mass is 32.2. The summed E-state index contributed by atoms with van der Waals surface area (Å²) >= 11 is 1.41. The molecule has 0 aliphatic carbocycles. The fraction of sp³-hybridized carbons (Fsp3) is 0.500. The lowest BCUT2D eigenvalue weighted by Gasteiger charge is -2.33. The van der Waals surface area contributed by atoms with Gasteiger partial charge in [0.2, 0.25) is 15.9 Å². The Morgan fingerprint density at radius 2 is 2.08 bits per heavy atom. The SMILES string of the molecule is O=C1CCSc2ccc(S(=O)(=O)N3CCOC(C(F)(F)F)C3)cc2N1. The number of carbonyl (C=O) groups is 1. The number of nitrogens with one attached hydrogen (secondary N) is 1. The van der Waals surface area contributed by atoms with Gasteiger partial charge >= 0.3 is 6.18 Å². The summed E-state index contributed by atoms with van der Waals surface area (Å²) in [6.45, 7) is -1.28. The van der Waals surface area contributed by atoms with Crippen molar-refractivity contribution in [3.8, 4) is 0 Å². The number of amides is 1.